The summed E-state index contributed by atoms with van der Waals surface area (Å²) >= 11 is 0. The van der Waals surface area contributed by atoms with Gasteiger partial charge in [-0.25, -0.2) is 0 Å². The van der Waals surface area contributed by atoms with Crippen molar-refractivity contribution in [2.45, 2.75) is 129 Å². The van der Waals surface area contributed by atoms with Gasteiger partial charge in [0.15, 0.2) is 0 Å². The highest BCUT2D eigenvalue weighted by Gasteiger charge is 2.63. The quantitative estimate of drug-likeness (QED) is 0.168. The second kappa shape index (κ2) is 12.1. The molecule has 0 radical (unpaired) electrons. The van der Waals surface area contributed by atoms with Gasteiger partial charge in [-0.2, -0.15) is 43.2 Å². The molecule has 4 fully saturated rings. The molecular weight excluding hydrogens is 783 g/mol. The number of aromatic nitrogens is 2. The van der Waals surface area contributed by atoms with E-state index in [0.717, 1.165) is 87.0 Å². The normalized spacial score (nSPS) is 43.0. The fourth-order valence-electron chi connectivity index (χ4n) is 14.3. The Bertz CT molecular complexity index is 1990. The maximum absolute atomic E-state index is 13.3. The zero-order chi connectivity index (χ0) is 40.2. The van der Waals surface area contributed by atoms with Crippen molar-refractivity contribution < 1.29 is 51.5 Å². The first-order chi connectivity index (χ1) is 25.9. The van der Waals surface area contributed by atoms with Crippen LogP contribution >= 0.6 is 0 Å². The van der Waals surface area contributed by atoms with Gasteiger partial charge in [0.05, 0.1) is 22.8 Å². The summed E-state index contributed by atoms with van der Waals surface area (Å²) in [6, 6.07) is 0. The third-order valence-electron chi connectivity index (χ3n) is 17.3. The lowest BCUT2D eigenvalue weighted by molar-refractivity contribution is -0.0952. The minimum atomic E-state index is -5.75. The molecule has 4 saturated carbocycles. The van der Waals surface area contributed by atoms with Gasteiger partial charge >= 0.3 is 31.3 Å². The Morgan fingerprint density at radius 3 is 1.30 bits per heavy atom. The maximum Gasteiger partial charge on any atom is 0.534 e. The molecule has 8 aliphatic carbocycles. The summed E-state index contributed by atoms with van der Waals surface area (Å²) in [5.41, 5.74) is -8.45. The van der Waals surface area contributed by atoms with Crippen LogP contribution in [0.1, 0.15) is 115 Å². The number of fused-ring (bicyclic) bond motifs is 12. The van der Waals surface area contributed by atoms with Crippen LogP contribution in [0, 0.1) is 69.0 Å². The molecule has 0 saturated heterocycles. The van der Waals surface area contributed by atoms with Crippen molar-refractivity contribution >= 4 is 20.2 Å². The van der Waals surface area contributed by atoms with Gasteiger partial charge in [0.1, 0.15) is 11.5 Å². The smallest absolute Gasteiger partial charge is 0.380 e. The first kappa shape index (κ1) is 39.1. The van der Waals surface area contributed by atoms with Gasteiger partial charge in [0.25, 0.3) is 0 Å². The van der Waals surface area contributed by atoms with Gasteiger partial charge in [0, 0.05) is 10.8 Å². The number of rotatable bonds is 4. The van der Waals surface area contributed by atoms with Crippen LogP contribution in [0.4, 0.5) is 26.3 Å². The molecule has 8 aliphatic rings. The lowest BCUT2D eigenvalue weighted by atomic mass is 9.45. The van der Waals surface area contributed by atoms with E-state index in [2.05, 4.69) is 13.8 Å². The van der Waals surface area contributed by atoms with Crippen molar-refractivity contribution in [2.75, 3.05) is 0 Å². The van der Waals surface area contributed by atoms with Crippen molar-refractivity contribution in [1.29, 1.82) is 0 Å². The average molecular weight is 833 g/mol. The van der Waals surface area contributed by atoms with Gasteiger partial charge in [0.2, 0.25) is 0 Å². The summed E-state index contributed by atoms with van der Waals surface area (Å²) < 4.78 is 137. The summed E-state index contributed by atoms with van der Waals surface area (Å²) in [7, 11) is -11.5. The fourth-order valence-corrected chi connectivity index (χ4v) is 15.5. The topological polar surface area (TPSA) is 113 Å². The molecular formula is C40H50F6N2O6S2. The van der Waals surface area contributed by atoms with Gasteiger partial charge < -0.3 is 8.37 Å². The monoisotopic (exact) mass is 832 g/mol. The van der Waals surface area contributed by atoms with Crippen molar-refractivity contribution in [3.63, 3.8) is 0 Å². The lowest BCUT2D eigenvalue weighted by Gasteiger charge is -2.60. The summed E-state index contributed by atoms with van der Waals surface area (Å²) in [6.45, 7) is 8.46. The Morgan fingerprint density at radius 1 is 0.571 bits per heavy atom. The Morgan fingerprint density at radius 2 is 0.946 bits per heavy atom. The molecule has 0 spiro atoms. The van der Waals surface area contributed by atoms with E-state index in [4.69, 9.17) is 18.3 Å². The minimum absolute atomic E-state index is 0.00554. The fraction of sp³-hybridized carbons (Fsp3) is 0.800. The number of hydrogen-bond acceptors (Lipinski definition) is 8. The van der Waals surface area contributed by atoms with Crippen molar-refractivity contribution in [3.8, 4) is 0 Å². The van der Waals surface area contributed by atoms with Crippen LogP contribution < -0.4 is 0 Å². The van der Waals surface area contributed by atoms with Gasteiger partial charge in [-0.15, -0.1) is 0 Å². The zero-order valence-corrected chi connectivity index (χ0v) is 33.7. The van der Waals surface area contributed by atoms with E-state index in [9.17, 15) is 43.2 Å². The van der Waals surface area contributed by atoms with Gasteiger partial charge in [-0.05, 0) is 160 Å². The summed E-state index contributed by atoms with van der Waals surface area (Å²) in [6.07, 6.45) is 13.7. The Balaban J connectivity index is 0.926. The predicted molar refractivity (Wildman–Crippen MR) is 192 cm³/mol. The third-order valence-corrected chi connectivity index (χ3v) is 19.2. The van der Waals surface area contributed by atoms with E-state index in [0.29, 0.717) is 49.4 Å². The van der Waals surface area contributed by atoms with E-state index >= 15 is 0 Å². The largest absolute Gasteiger partial charge is 0.534 e. The van der Waals surface area contributed by atoms with E-state index in [1.54, 1.807) is 12.2 Å². The molecule has 12 atom stereocenters. The second-order valence-electron chi connectivity index (χ2n) is 19.6. The third kappa shape index (κ3) is 5.47. The number of nitrogens with zero attached hydrogens (tertiary/aromatic N) is 2. The summed E-state index contributed by atoms with van der Waals surface area (Å²) in [5, 5.41) is 0. The lowest BCUT2D eigenvalue weighted by Crippen LogP contribution is -2.55. The van der Waals surface area contributed by atoms with E-state index in [1.165, 1.54) is 0 Å². The molecule has 0 amide bonds. The molecule has 8 nitrogen and oxygen atoms in total. The molecule has 0 N–H and O–H groups in total. The molecule has 1 heterocycles. The molecule has 9 rings (SSSR count). The molecule has 0 aliphatic heterocycles. The highest BCUT2D eigenvalue weighted by Crippen LogP contribution is 2.68. The van der Waals surface area contributed by atoms with Gasteiger partial charge in [-0.3, -0.25) is 9.97 Å². The Labute approximate surface area is 324 Å². The highest BCUT2D eigenvalue weighted by molar-refractivity contribution is 7.88. The molecule has 0 aromatic carbocycles. The Hall–Kier alpha value is -2.36. The van der Waals surface area contributed by atoms with Crippen LogP contribution in [0.15, 0.2) is 23.7 Å². The molecule has 0 bridgehead atoms. The van der Waals surface area contributed by atoms with Gasteiger partial charge in [-0.1, -0.05) is 27.7 Å². The molecule has 310 valence electrons. The first-order valence-electron chi connectivity index (χ1n) is 20.2. The summed E-state index contributed by atoms with van der Waals surface area (Å²) in [4.78, 5) is 10.8. The number of alkyl halides is 6. The molecule has 1 aromatic rings. The molecule has 1 aromatic heterocycles. The SMILES string of the molecule is C[C@]12Cc3nc4c(nc3C[C@@H]1CC[C@@H]1[C@@H]2CC[C@]2(C)C(OS(=O)(=O)C(F)(F)F)=CC[C@@H]12)C[C@@]1(C)[C@@H](CC[C@@H]2[C@@H]1CC[C@]1(C)C(OS(=O)(=O)C(F)(F)F)=CC[C@@H]21)C4. The maximum atomic E-state index is 13.3. The Kier molecular flexibility index (Phi) is 8.46. The van der Waals surface area contributed by atoms with Crippen LogP contribution in [-0.2, 0) is 54.3 Å². The predicted octanol–water partition coefficient (Wildman–Crippen LogP) is 9.11. The highest BCUT2D eigenvalue weighted by atomic mass is 32.2. The van der Waals surface area contributed by atoms with Crippen molar-refractivity contribution in [2.24, 2.45) is 69.0 Å². The molecule has 0 unspecified atom stereocenters. The summed E-state index contributed by atoms with van der Waals surface area (Å²) in [5.74, 6) is 1.73. The number of hydrogen-bond donors (Lipinski definition) is 0. The second-order valence-corrected chi connectivity index (χ2v) is 22.6. The van der Waals surface area contributed by atoms with Crippen LogP contribution in [0.25, 0.3) is 0 Å². The van der Waals surface area contributed by atoms with E-state index in [-0.39, 0.29) is 46.0 Å². The van der Waals surface area contributed by atoms with E-state index in [1.807, 2.05) is 13.8 Å². The van der Waals surface area contributed by atoms with Crippen LogP contribution in [0.2, 0.25) is 0 Å². The standard InChI is InChI=1S/C40H50F6N2O6S2/c1-35-15-13-27-23(25(35)9-11-33(35)53-55(49,50)39(41,42)43)7-5-21-17-29-31(19-37(21,27)3)47-30-18-22-6-8-24-26-10-12-34(54-56(51,52)40(44,45)46)36(26,2)16-14-28(24)38(22,4)20-32(30)48-29/h11-12,21-28H,5-10,13-20H2,1-4H3/t21-,22-,23-,24-,25-,26-,27-,28-,35-,36-,37-,38-/m0/s1. The number of halogens is 6. The average Bonchev–Trinajstić information content (AvgIpc) is 3.59. The zero-order valence-electron chi connectivity index (χ0n) is 32.1. The number of allylic oxidation sites excluding steroid dienone is 4. The van der Waals surface area contributed by atoms with Crippen molar-refractivity contribution in [1.82, 2.24) is 9.97 Å². The van der Waals surface area contributed by atoms with E-state index < -0.39 is 42.1 Å². The van der Waals surface area contributed by atoms with Crippen LogP contribution in [0.5, 0.6) is 0 Å². The van der Waals surface area contributed by atoms with Crippen LogP contribution in [0.3, 0.4) is 0 Å². The first-order valence-corrected chi connectivity index (χ1v) is 23.0. The molecule has 16 heteroatoms. The minimum Gasteiger partial charge on any atom is -0.380 e. The van der Waals surface area contributed by atoms with Crippen LogP contribution in [-0.4, -0.2) is 37.8 Å². The van der Waals surface area contributed by atoms with Crippen molar-refractivity contribution in [3.05, 3.63) is 46.4 Å². The molecule has 56 heavy (non-hydrogen) atoms.